The van der Waals surface area contributed by atoms with Crippen molar-refractivity contribution >= 4 is 15.9 Å². The minimum atomic E-state index is -0.262. The van der Waals surface area contributed by atoms with E-state index in [1.807, 2.05) is 19.1 Å². The van der Waals surface area contributed by atoms with E-state index in [4.69, 9.17) is 15.2 Å². The highest BCUT2D eigenvalue weighted by molar-refractivity contribution is 9.10. The number of hydrogen-bond donors (Lipinski definition) is 1. The number of halogens is 2. The van der Waals surface area contributed by atoms with Gasteiger partial charge in [-0.1, -0.05) is 12.1 Å². The summed E-state index contributed by atoms with van der Waals surface area (Å²) in [5.74, 6) is 1.01. The van der Waals surface area contributed by atoms with Gasteiger partial charge >= 0.3 is 0 Å². The summed E-state index contributed by atoms with van der Waals surface area (Å²) in [5, 5.41) is 0. The van der Waals surface area contributed by atoms with Gasteiger partial charge in [0.25, 0.3) is 0 Å². The Morgan fingerprint density at radius 2 is 1.81 bits per heavy atom. The van der Waals surface area contributed by atoms with Gasteiger partial charge in [-0.05, 0) is 58.2 Å². The maximum Gasteiger partial charge on any atom is 0.175 e. The van der Waals surface area contributed by atoms with Crippen molar-refractivity contribution < 1.29 is 13.9 Å². The van der Waals surface area contributed by atoms with Crippen LogP contribution in [0, 0.1) is 5.82 Å². The highest BCUT2D eigenvalue weighted by Gasteiger charge is 2.12. The molecule has 0 aromatic heterocycles. The van der Waals surface area contributed by atoms with E-state index >= 15 is 0 Å². The van der Waals surface area contributed by atoms with Crippen LogP contribution in [-0.4, -0.2) is 6.61 Å². The van der Waals surface area contributed by atoms with Gasteiger partial charge in [-0.3, -0.25) is 0 Å². The maximum atomic E-state index is 12.9. The molecule has 112 valence electrons. The third-order valence-electron chi connectivity index (χ3n) is 2.90. The van der Waals surface area contributed by atoms with Crippen LogP contribution in [-0.2, 0) is 13.2 Å². The maximum absolute atomic E-state index is 12.9. The van der Waals surface area contributed by atoms with Gasteiger partial charge in [-0.25, -0.2) is 4.39 Å². The molecule has 2 aromatic carbocycles. The molecule has 0 aliphatic carbocycles. The van der Waals surface area contributed by atoms with E-state index < -0.39 is 0 Å². The first-order valence-corrected chi connectivity index (χ1v) is 7.46. The van der Waals surface area contributed by atoms with Crippen LogP contribution in [0.3, 0.4) is 0 Å². The van der Waals surface area contributed by atoms with E-state index in [1.165, 1.54) is 12.1 Å². The lowest BCUT2D eigenvalue weighted by atomic mass is 10.2. The second-order valence-corrected chi connectivity index (χ2v) is 5.31. The minimum absolute atomic E-state index is 0.262. The Morgan fingerprint density at radius 1 is 1.10 bits per heavy atom. The fourth-order valence-electron chi connectivity index (χ4n) is 1.88. The standard InChI is InChI=1S/C16H17BrFNO2/c1-2-20-15-8-12(9-19)7-14(17)16(15)21-10-11-3-5-13(18)6-4-11/h3-8H,2,9-10,19H2,1H3. The predicted octanol–water partition coefficient (Wildman–Crippen LogP) is 4.02. The second kappa shape index (κ2) is 7.43. The lowest BCUT2D eigenvalue weighted by molar-refractivity contribution is 0.267. The Hall–Kier alpha value is -1.59. The van der Waals surface area contributed by atoms with Crippen molar-refractivity contribution in [1.82, 2.24) is 0 Å². The van der Waals surface area contributed by atoms with Gasteiger partial charge < -0.3 is 15.2 Å². The van der Waals surface area contributed by atoms with E-state index in [0.29, 0.717) is 31.3 Å². The quantitative estimate of drug-likeness (QED) is 0.852. The Kier molecular flexibility index (Phi) is 5.59. The Labute approximate surface area is 132 Å². The molecule has 3 nitrogen and oxygen atoms in total. The SMILES string of the molecule is CCOc1cc(CN)cc(Br)c1OCc1ccc(F)cc1. The summed E-state index contributed by atoms with van der Waals surface area (Å²) in [6.45, 7) is 3.21. The summed E-state index contributed by atoms with van der Waals surface area (Å²) in [5.41, 5.74) is 7.50. The van der Waals surface area contributed by atoms with E-state index in [2.05, 4.69) is 15.9 Å². The zero-order valence-corrected chi connectivity index (χ0v) is 13.3. The number of ether oxygens (including phenoxy) is 2. The molecule has 0 unspecified atom stereocenters. The van der Waals surface area contributed by atoms with Gasteiger partial charge in [-0.2, -0.15) is 0 Å². The summed E-state index contributed by atoms with van der Waals surface area (Å²) in [6, 6.07) is 9.98. The molecule has 21 heavy (non-hydrogen) atoms. The van der Waals surface area contributed by atoms with Crippen LogP contribution in [0.5, 0.6) is 11.5 Å². The molecule has 0 radical (unpaired) electrons. The summed E-state index contributed by atoms with van der Waals surface area (Å²) in [7, 11) is 0. The molecular formula is C16H17BrFNO2. The zero-order valence-electron chi connectivity index (χ0n) is 11.7. The molecule has 2 rings (SSSR count). The molecule has 0 atom stereocenters. The van der Waals surface area contributed by atoms with E-state index in [-0.39, 0.29) is 5.82 Å². The normalized spacial score (nSPS) is 10.5. The zero-order chi connectivity index (χ0) is 15.2. The molecule has 2 N–H and O–H groups in total. The lowest BCUT2D eigenvalue weighted by Gasteiger charge is -2.15. The largest absolute Gasteiger partial charge is 0.490 e. The third kappa shape index (κ3) is 4.19. The number of rotatable bonds is 6. The van der Waals surface area contributed by atoms with Crippen LogP contribution in [0.25, 0.3) is 0 Å². The third-order valence-corrected chi connectivity index (χ3v) is 3.49. The van der Waals surface area contributed by atoms with Crippen LogP contribution in [0.15, 0.2) is 40.9 Å². The average Bonchev–Trinajstić information content (AvgIpc) is 2.48. The lowest BCUT2D eigenvalue weighted by Crippen LogP contribution is -2.03. The Balaban J connectivity index is 2.19. The smallest absolute Gasteiger partial charge is 0.175 e. The molecule has 0 amide bonds. The molecular weight excluding hydrogens is 337 g/mol. The Morgan fingerprint density at radius 3 is 2.43 bits per heavy atom. The van der Waals surface area contributed by atoms with Gasteiger partial charge in [0.1, 0.15) is 12.4 Å². The van der Waals surface area contributed by atoms with Gasteiger partial charge in [0.15, 0.2) is 11.5 Å². The van der Waals surface area contributed by atoms with Crippen molar-refractivity contribution in [2.75, 3.05) is 6.61 Å². The molecule has 0 spiro atoms. The average molecular weight is 354 g/mol. The number of benzene rings is 2. The van der Waals surface area contributed by atoms with Crippen molar-refractivity contribution in [3.63, 3.8) is 0 Å². The fourth-order valence-corrected chi connectivity index (χ4v) is 2.48. The number of nitrogens with two attached hydrogens (primary N) is 1. The first kappa shape index (κ1) is 15.8. The van der Waals surface area contributed by atoms with Crippen LogP contribution in [0.1, 0.15) is 18.1 Å². The Bertz CT molecular complexity index is 602. The molecule has 0 heterocycles. The monoisotopic (exact) mass is 353 g/mol. The molecule has 0 aliphatic heterocycles. The van der Waals surface area contributed by atoms with Crippen LogP contribution < -0.4 is 15.2 Å². The van der Waals surface area contributed by atoms with Gasteiger partial charge in [0.2, 0.25) is 0 Å². The molecule has 0 saturated heterocycles. The summed E-state index contributed by atoms with van der Waals surface area (Å²) >= 11 is 3.47. The molecule has 0 bridgehead atoms. The molecule has 2 aromatic rings. The van der Waals surface area contributed by atoms with Crippen molar-refractivity contribution in [1.29, 1.82) is 0 Å². The molecule has 0 saturated carbocycles. The van der Waals surface area contributed by atoms with Crippen molar-refractivity contribution in [2.45, 2.75) is 20.1 Å². The summed E-state index contributed by atoms with van der Waals surface area (Å²) < 4.78 is 25.1. The predicted molar refractivity (Wildman–Crippen MR) is 83.9 cm³/mol. The molecule has 0 fully saturated rings. The first-order chi connectivity index (χ1) is 10.1. The van der Waals surface area contributed by atoms with E-state index in [1.54, 1.807) is 12.1 Å². The first-order valence-electron chi connectivity index (χ1n) is 6.66. The van der Waals surface area contributed by atoms with Crippen molar-refractivity contribution in [3.8, 4) is 11.5 Å². The van der Waals surface area contributed by atoms with Gasteiger partial charge in [-0.15, -0.1) is 0 Å². The van der Waals surface area contributed by atoms with E-state index in [0.717, 1.165) is 15.6 Å². The van der Waals surface area contributed by atoms with Crippen molar-refractivity contribution in [3.05, 3.63) is 57.8 Å². The van der Waals surface area contributed by atoms with Crippen LogP contribution in [0.2, 0.25) is 0 Å². The minimum Gasteiger partial charge on any atom is -0.490 e. The summed E-state index contributed by atoms with van der Waals surface area (Å²) in [4.78, 5) is 0. The fraction of sp³-hybridized carbons (Fsp3) is 0.250. The molecule has 0 aliphatic rings. The molecule has 5 heteroatoms. The summed E-state index contributed by atoms with van der Waals surface area (Å²) in [6.07, 6.45) is 0. The van der Waals surface area contributed by atoms with E-state index in [9.17, 15) is 4.39 Å². The van der Waals surface area contributed by atoms with Crippen LogP contribution >= 0.6 is 15.9 Å². The second-order valence-electron chi connectivity index (χ2n) is 4.46. The van der Waals surface area contributed by atoms with Crippen molar-refractivity contribution in [2.24, 2.45) is 5.73 Å². The topological polar surface area (TPSA) is 44.5 Å². The van der Waals surface area contributed by atoms with Gasteiger partial charge in [0.05, 0.1) is 11.1 Å². The highest BCUT2D eigenvalue weighted by Crippen LogP contribution is 2.37. The van der Waals surface area contributed by atoms with Gasteiger partial charge in [0, 0.05) is 6.54 Å². The highest BCUT2D eigenvalue weighted by atomic mass is 79.9. The van der Waals surface area contributed by atoms with Crippen LogP contribution in [0.4, 0.5) is 4.39 Å². The number of hydrogen-bond acceptors (Lipinski definition) is 3.